The molecule has 1 amide bonds. The standard InChI is InChI=1S/C20H22N4OS/c1-13(2)15-8-10-17(11-9-15)21-18(25)12-26-20-22-19(23-24-20)16-6-4-14(3)5-7-16/h4-11,13H,12H2,1-3H3,(H,21,25)(H,22,23,24). The predicted molar refractivity (Wildman–Crippen MR) is 106 cm³/mol. The normalized spacial score (nSPS) is 10.9. The van der Waals surface area contributed by atoms with Crippen LogP contribution < -0.4 is 5.32 Å². The summed E-state index contributed by atoms with van der Waals surface area (Å²) in [5.41, 5.74) is 4.22. The second-order valence-corrected chi connectivity index (χ2v) is 7.39. The fourth-order valence-electron chi connectivity index (χ4n) is 2.43. The molecule has 5 nitrogen and oxygen atoms in total. The lowest BCUT2D eigenvalue weighted by Gasteiger charge is -2.08. The first-order valence-corrected chi connectivity index (χ1v) is 9.52. The van der Waals surface area contributed by atoms with E-state index in [0.29, 0.717) is 16.9 Å². The number of nitrogens with zero attached hydrogens (tertiary/aromatic N) is 2. The highest BCUT2D eigenvalue weighted by molar-refractivity contribution is 7.99. The van der Waals surface area contributed by atoms with Crippen LogP contribution in [0.2, 0.25) is 0 Å². The van der Waals surface area contributed by atoms with Gasteiger partial charge in [0.15, 0.2) is 5.82 Å². The molecule has 0 aliphatic heterocycles. The Kier molecular flexibility index (Phi) is 5.73. The van der Waals surface area contributed by atoms with E-state index in [1.54, 1.807) is 0 Å². The Balaban J connectivity index is 1.54. The molecule has 0 atom stereocenters. The number of aromatic amines is 1. The fourth-order valence-corrected chi connectivity index (χ4v) is 3.03. The largest absolute Gasteiger partial charge is 0.325 e. The van der Waals surface area contributed by atoms with Gasteiger partial charge in [0, 0.05) is 11.3 Å². The van der Waals surface area contributed by atoms with Crippen LogP contribution in [-0.4, -0.2) is 26.8 Å². The lowest BCUT2D eigenvalue weighted by atomic mass is 10.0. The zero-order valence-corrected chi connectivity index (χ0v) is 15.9. The average Bonchev–Trinajstić information content (AvgIpc) is 3.10. The Morgan fingerprint density at radius 3 is 2.46 bits per heavy atom. The minimum absolute atomic E-state index is 0.0750. The van der Waals surface area contributed by atoms with Gasteiger partial charge >= 0.3 is 0 Å². The summed E-state index contributed by atoms with van der Waals surface area (Å²) in [5, 5.41) is 10.5. The van der Waals surface area contributed by atoms with Gasteiger partial charge in [-0.25, -0.2) is 4.98 Å². The van der Waals surface area contributed by atoms with Crippen molar-refractivity contribution >= 4 is 23.4 Å². The van der Waals surface area contributed by atoms with Crippen molar-refractivity contribution in [2.75, 3.05) is 11.1 Å². The molecular weight excluding hydrogens is 344 g/mol. The number of H-pyrrole nitrogens is 1. The fraction of sp³-hybridized carbons (Fsp3) is 0.250. The number of aryl methyl sites for hydroxylation is 1. The summed E-state index contributed by atoms with van der Waals surface area (Å²) in [4.78, 5) is 16.6. The van der Waals surface area contributed by atoms with Crippen LogP contribution in [0.1, 0.15) is 30.9 Å². The highest BCUT2D eigenvalue weighted by Gasteiger charge is 2.09. The average molecular weight is 366 g/mol. The highest BCUT2D eigenvalue weighted by atomic mass is 32.2. The molecule has 3 rings (SSSR count). The molecule has 0 radical (unpaired) electrons. The van der Waals surface area contributed by atoms with Gasteiger partial charge < -0.3 is 5.32 Å². The van der Waals surface area contributed by atoms with E-state index in [9.17, 15) is 4.79 Å². The molecule has 6 heteroatoms. The second-order valence-electron chi connectivity index (χ2n) is 6.45. The van der Waals surface area contributed by atoms with Crippen LogP contribution in [0.3, 0.4) is 0 Å². The van der Waals surface area contributed by atoms with Crippen LogP contribution in [-0.2, 0) is 4.79 Å². The number of hydrogen-bond donors (Lipinski definition) is 2. The van der Waals surface area contributed by atoms with Crippen molar-refractivity contribution in [2.45, 2.75) is 31.8 Å². The van der Waals surface area contributed by atoms with Gasteiger partial charge in [-0.2, -0.15) is 0 Å². The lowest BCUT2D eigenvalue weighted by molar-refractivity contribution is -0.113. The predicted octanol–water partition coefficient (Wildman–Crippen LogP) is 4.63. The summed E-state index contributed by atoms with van der Waals surface area (Å²) in [5.74, 6) is 1.37. The summed E-state index contributed by atoms with van der Waals surface area (Å²) < 4.78 is 0. The molecule has 26 heavy (non-hydrogen) atoms. The zero-order chi connectivity index (χ0) is 18.5. The minimum Gasteiger partial charge on any atom is -0.325 e. The molecule has 1 heterocycles. The van der Waals surface area contributed by atoms with E-state index in [4.69, 9.17) is 0 Å². The van der Waals surface area contributed by atoms with Gasteiger partial charge in [-0.3, -0.25) is 9.89 Å². The van der Waals surface area contributed by atoms with Gasteiger partial charge in [-0.15, -0.1) is 5.10 Å². The Morgan fingerprint density at radius 1 is 1.12 bits per heavy atom. The van der Waals surface area contributed by atoms with Crippen LogP contribution in [0.25, 0.3) is 11.4 Å². The first-order valence-electron chi connectivity index (χ1n) is 8.53. The van der Waals surface area contributed by atoms with E-state index in [0.717, 1.165) is 11.3 Å². The molecule has 0 bridgehead atoms. The zero-order valence-electron chi connectivity index (χ0n) is 15.1. The number of amides is 1. The molecule has 0 saturated heterocycles. The smallest absolute Gasteiger partial charge is 0.234 e. The summed E-state index contributed by atoms with van der Waals surface area (Å²) in [7, 11) is 0. The van der Waals surface area contributed by atoms with Gasteiger partial charge in [0.1, 0.15) is 0 Å². The topological polar surface area (TPSA) is 70.7 Å². The lowest BCUT2D eigenvalue weighted by Crippen LogP contribution is -2.14. The van der Waals surface area contributed by atoms with Crippen molar-refractivity contribution in [2.24, 2.45) is 0 Å². The monoisotopic (exact) mass is 366 g/mol. The Hall–Kier alpha value is -2.60. The SMILES string of the molecule is Cc1ccc(-c2nc(SCC(=O)Nc3ccc(C(C)C)cc3)n[nH]2)cc1. The van der Waals surface area contributed by atoms with Gasteiger partial charge in [-0.1, -0.05) is 67.6 Å². The van der Waals surface area contributed by atoms with Crippen LogP contribution in [0, 0.1) is 6.92 Å². The van der Waals surface area contributed by atoms with Crippen LogP contribution in [0.15, 0.2) is 53.7 Å². The van der Waals surface area contributed by atoms with Gasteiger partial charge in [0.05, 0.1) is 5.75 Å². The number of carbonyl (C=O) groups excluding carboxylic acids is 1. The van der Waals surface area contributed by atoms with Crippen LogP contribution >= 0.6 is 11.8 Å². The van der Waals surface area contributed by atoms with E-state index >= 15 is 0 Å². The molecule has 0 saturated carbocycles. The molecule has 0 unspecified atom stereocenters. The molecular formula is C20H22N4OS. The van der Waals surface area contributed by atoms with Gasteiger partial charge in [0.2, 0.25) is 11.1 Å². The number of anilines is 1. The van der Waals surface area contributed by atoms with Crippen molar-refractivity contribution in [1.82, 2.24) is 15.2 Å². The van der Waals surface area contributed by atoms with Crippen molar-refractivity contribution in [3.8, 4) is 11.4 Å². The molecule has 2 N–H and O–H groups in total. The maximum Gasteiger partial charge on any atom is 0.234 e. The van der Waals surface area contributed by atoms with E-state index in [-0.39, 0.29) is 11.7 Å². The van der Waals surface area contributed by atoms with E-state index in [1.807, 2.05) is 55.5 Å². The molecule has 0 aliphatic rings. The molecule has 2 aromatic carbocycles. The molecule has 0 fully saturated rings. The molecule has 0 aliphatic carbocycles. The van der Waals surface area contributed by atoms with Gasteiger partial charge in [0.25, 0.3) is 0 Å². The van der Waals surface area contributed by atoms with E-state index < -0.39 is 0 Å². The second kappa shape index (κ2) is 8.19. The van der Waals surface area contributed by atoms with E-state index in [1.165, 1.54) is 22.9 Å². The molecule has 3 aromatic rings. The maximum atomic E-state index is 12.1. The Labute approximate surface area is 157 Å². The number of benzene rings is 2. The van der Waals surface area contributed by atoms with Crippen LogP contribution in [0.5, 0.6) is 0 Å². The van der Waals surface area contributed by atoms with Crippen molar-refractivity contribution in [3.05, 3.63) is 59.7 Å². The van der Waals surface area contributed by atoms with E-state index in [2.05, 4.69) is 34.3 Å². The Morgan fingerprint density at radius 2 is 1.81 bits per heavy atom. The minimum atomic E-state index is -0.0750. The number of thioether (sulfide) groups is 1. The Bertz CT molecular complexity index is 870. The molecule has 1 aromatic heterocycles. The molecule has 0 spiro atoms. The summed E-state index contributed by atoms with van der Waals surface area (Å²) in [6, 6.07) is 16.0. The first-order chi connectivity index (χ1) is 12.5. The van der Waals surface area contributed by atoms with Gasteiger partial charge in [-0.05, 0) is 30.5 Å². The summed E-state index contributed by atoms with van der Waals surface area (Å²) >= 11 is 1.31. The molecule has 134 valence electrons. The number of nitrogens with one attached hydrogen (secondary N) is 2. The highest BCUT2D eigenvalue weighted by Crippen LogP contribution is 2.20. The number of rotatable bonds is 6. The van der Waals surface area contributed by atoms with Crippen LogP contribution in [0.4, 0.5) is 5.69 Å². The third-order valence-electron chi connectivity index (χ3n) is 3.98. The van der Waals surface area contributed by atoms with Crippen molar-refractivity contribution in [1.29, 1.82) is 0 Å². The third kappa shape index (κ3) is 4.73. The third-order valence-corrected chi connectivity index (χ3v) is 4.83. The quantitative estimate of drug-likeness (QED) is 0.624. The van der Waals surface area contributed by atoms with Crippen molar-refractivity contribution < 1.29 is 4.79 Å². The summed E-state index contributed by atoms with van der Waals surface area (Å²) in [6.07, 6.45) is 0. The van der Waals surface area contributed by atoms with Crippen molar-refractivity contribution in [3.63, 3.8) is 0 Å². The number of aromatic nitrogens is 3. The summed E-state index contributed by atoms with van der Waals surface area (Å²) in [6.45, 7) is 6.33. The maximum absolute atomic E-state index is 12.1. The number of hydrogen-bond acceptors (Lipinski definition) is 4. The number of carbonyl (C=O) groups is 1. The first kappa shape index (κ1) is 18.2.